The molecule has 0 bridgehead atoms. The number of nitrogens with one attached hydrogen (secondary N) is 3. The van der Waals surface area contributed by atoms with Crippen LogP contribution in [0.5, 0.6) is 0 Å². The molecule has 262 valence electrons. The van der Waals surface area contributed by atoms with Crippen LogP contribution in [0.4, 0.5) is 10.5 Å². The topological polar surface area (TPSA) is 174 Å². The van der Waals surface area contributed by atoms with Crippen LogP contribution in [0.25, 0.3) is 0 Å². The zero-order chi connectivity index (χ0) is 35.1. The van der Waals surface area contributed by atoms with Gasteiger partial charge < -0.3 is 36.4 Å². The molecule has 4 fully saturated rings. The highest BCUT2D eigenvalue weighted by Crippen LogP contribution is 2.65. The van der Waals surface area contributed by atoms with Gasteiger partial charge in [-0.05, 0) is 53.2 Å². The number of piperazine rings is 1. The predicted octanol–water partition coefficient (Wildman–Crippen LogP) is 1.52. The van der Waals surface area contributed by atoms with Crippen molar-refractivity contribution >= 4 is 52.7 Å². The predicted molar refractivity (Wildman–Crippen MR) is 180 cm³/mol. The molecular formula is C34H48ClN7O6. The number of anilines is 1. The van der Waals surface area contributed by atoms with Crippen molar-refractivity contribution in [2.24, 2.45) is 34.3 Å². The number of benzene rings is 1. The van der Waals surface area contributed by atoms with Gasteiger partial charge in [-0.3, -0.25) is 24.0 Å². The molecule has 1 unspecified atom stereocenters. The summed E-state index contributed by atoms with van der Waals surface area (Å²) in [5, 5.41) is 8.78. The average molecular weight is 686 g/mol. The van der Waals surface area contributed by atoms with Crippen LogP contribution in [-0.2, 0) is 24.0 Å². The third kappa shape index (κ3) is 7.71. The number of hydrogen-bond acceptors (Lipinski definition) is 7. The molecule has 14 heteroatoms. The third-order valence-electron chi connectivity index (χ3n) is 10.5. The molecule has 2 heterocycles. The molecule has 1 aromatic carbocycles. The highest BCUT2D eigenvalue weighted by atomic mass is 35.5. The molecule has 13 nitrogen and oxygen atoms in total. The molecule has 0 spiro atoms. The first-order chi connectivity index (χ1) is 22.5. The lowest BCUT2D eigenvalue weighted by Gasteiger charge is -2.38. The number of ketones is 1. The standard InChI is InChI=1S/C34H48ClN7O6/c1-33(2,3)28(39-32(48)37-17-24(43)41-13-11-40(12-14-41)21-8-6-7-20(35)16-21)31(47)42-18-22-25(34(22,4)5)26(42)30(46)38-23(15-19-9-10-19)27(44)29(36)45/h6-8,16,19,22-23,25-26,28H,9-15,17-18H2,1-5H3,(H2,36,45)(H,38,46)(H2,37,39,48)/t22-,23?,25-,26-,28+/m0/s1. The molecule has 6 amide bonds. The highest BCUT2D eigenvalue weighted by Gasteiger charge is 2.70. The number of likely N-dealkylation sites (tertiary alicyclic amines) is 1. The Morgan fingerprint density at radius 1 is 1.02 bits per heavy atom. The number of primary amides is 1. The maximum Gasteiger partial charge on any atom is 0.315 e. The first kappa shape index (κ1) is 35.4. The summed E-state index contributed by atoms with van der Waals surface area (Å²) in [4.78, 5) is 83.7. The van der Waals surface area contributed by atoms with Gasteiger partial charge in [-0.15, -0.1) is 0 Å². The van der Waals surface area contributed by atoms with Crippen LogP contribution in [0, 0.1) is 28.6 Å². The van der Waals surface area contributed by atoms with E-state index in [4.69, 9.17) is 17.3 Å². The minimum Gasteiger partial charge on any atom is -0.368 e. The van der Waals surface area contributed by atoms with Gasteiger partial charge >= 0.3 is 6.03 Å². The minimum absolute atomic E-state index is 0.0670. The molecule has 5 N–H and O–H groups in total. The van der Waals surface area contributed by atoms with Gasteiger partial charge in [0.2, 0.25) is 23.5 Å². The van der Waals surface area contributed by atoms with Crippen LogP contribution in [0.2, 0.25) is 5.02 Å². The number of urea groups is 1. The lowest BCUT2D eigenvalue weighted by molar-refractivity contribution is -0.145. The zero-order valence-corrected chi connectivity index (χ0v) is 29.1. The van der Waals surface area contributed by atoms with Gasteiger partial charge in [-0.2, -0.15) is 0 Å². The molecule has 2 saturated heterocycles. The minimum atomic E-state index is -1.11. The quantitative estimate of drug-likeness (QED) is 0.256. The number of Topliss-reactive ketones (excluding diaryl/α,β-unsaturated/α-hetero) is 1. The number of carbonyl (C=O) groups is 6. The van der Waals surface area contributed by atoms with Crippen molar-refractivity contribution in [3.8, 4) is 0 Å². The molecule has 2 aliphatic heterocycles. The van der Waals surface area contributed by atoms with E-state index in [0.29, 0.717) is 44.2 Å². The smallest absolute Gasteiger partial charge is 0.315 e. The number of nitrogens with zero attached hydrogens (tertiary/aromatic N) is 3. The Morgan fingerprint density at radius 2 is 1.69 bits per heavy atom. The third-order valence-corrected chi connectivity index (χ3v) is 10.7. The number of carbonyl (C=O) groups excluding carboxylic acids is 6. The van der Waals surface area contributed by atoms with Gasteiger partial charge in [0, 0.05) is 43.4 Å². The van der Waals surface area contributed by atoms with Crippen LogP contribution in [0.15, 0.2) is 24.3 Å². The fourth-order valence-corrected chi connectivity index (χ4v) is 7.50. The Morgan fingerprint density at radius 3 is 2.27 bits per heavy atom. The lowest BCUT2D eigenvalue weighted by atomic mass is 9.85. The van der Waals surface area contributed by atoms with E-state index in [9.17, 15) is 28.8 Å². The van der Waals surface area contributed by atoms with Gasteiger partial charge in [0.25, 0.3) is 5.91 Å². The maximum atomic E-state index is 14.2. The van der Waals surface area contributed by atoms with Gasteiger partial charge in [-0.1, -0.05) is 65.1 Å². The molecule has 0 aromatic heterocycles. The molecule has 2 saturated carbocycles. The SMILES string of the molecule is CC(C)(C)[C@H](NC(=O)NCC(=O)N1CCN(c2cccc(Cl)c2)CC1)C(=O)N1C[C@H]2[C@@H]([C@H]1C(=O)NC(CC1CC1)C(=O)C(N)=O)C2(C)C. The van der Waals surface area contributed by atoms with Crippen molar-refractivity contribution in [3.05, 3.63) is 29.3 Å². The van der Waals surface area contributed by atoms with Crippen molar-refractivity contribution in [1.29, 1.82) is 0 Å². The summed E-state index contributed by atoms with van der Waals surface area (Å²) < 4.78 is 0. The molecule has 4 aliphatic rings. The van der Waals surface area contributed by atoms with Crippen LogP contribution in [0.1, 0.15) is 53.9 Å². The number of rotatable bonds is 11. The molecule has 48 heavy (non-hydrogen) atoms. The number of halogens is 1. The monoisotopic (exact) mass is 685 g/mol. The van der Waals surface area contributed by atoms with Gasteiger partial charge in [-0.25, -0.2) is 4.79 Å². The van der Waals surface area contributed by atoms with Gasteiger partial charge in [0.15, 0.2) is 0 Å². The second-order valence-electron chi connectivity index (χ2n) is 15.3. The molecule has 1 aromatic rings. The van der Waals surface area contributed by atoms with E-state index in [-0.39, 0.29) is 35.6 Å². The summed E-state index contributed by atoms with van der Waals surface area (Å²) in [6.07, 6.45) is 2.16. The van der Waals surface area contributed by atoms with Crippen molar-refractivity contribution in [1.82, 2.24) is 25.8 Å². The molecule has 2 aliphatic carbocycles. The number of nitrogens with two attached hydrogens (primary N) is 1. The highest BCUT2D eigenvalue weighted by molar-refractivity contribution is 6.37. The lowest BCUT2D eigenvalue weighted by Crippen LogP contribution is -2.61. The Labute approximate surface area is 286 Å². The maximum absolute atomic E-state index is 14.2. The Kier molecular flexibility index (Phi) is 10.0. The molecule has 5 rings (SSSR count). The fourth-order valence-electron chi connectivity index (χ4n) is 7.31. The summed E-state index contributed by atoms with van der Waals surface area (Å²) >= 11 is 6.13. The van der Waals surface area contributed by atoms with E-state index in [1.807, 2.05) is 58.9 Å². The largest absolute Gasteiger partial charge is 0.368 e. The van der Waals surface area contributed by atoms with E-state index >= 15 is 0 Å². The summed E-state index contributed by atoms with van der Waals surface area (Å²) in [6.45, 7) is 11.8. The van der Waals surface area contributed by atoms with Crippen molar-refractivity contribution in [3.63, 3.8) is 0 Å². The first-order valence-electron chi connectivity index (χ1n) is 16.8. The summed E-state index contributed by atoms with van der Waals surface area (Å²) in [6, 6.07) is 3.95. The number of amides is 6. The van der Waals surface area contributed by atoms with Crippen molar-refractivity contribution in [2.45, 2.75) is 72.0 Å². The van der Waals surface area contributed by atoms with Crippen LogP contribution in [-0.4, -0.2) is 103 Å². The molecular weight excluding hydrogens is 638 g/mol. The Hall–Kier alpha value is -3.87. The first-order valence-corrected chi connectivity index (χ1v) is 17.1. The van der Waals surface area contributed by atoms with Gasteiger partial charge in [0.05, 0.1) is 12.6 Å². The summed E-state index contributed by atoms with van der Waals surface area (Å²) in [5.74, 6) is -2.95. The van der Waals surface area contributed by atoms with Crippen LogP contribution < -0.4 is 26.6 Å². The summed E-state index contributed by atoms with van der Waals surface area (Å²) in [5.41, 5.74) is 5.34. The van der Waals surface area contributed by atoms with Crippen LogP contribution in [0.3, 0.4) is 0 Å². The summed E-state index contributed by atoms with van der Waals surface area (Å²) in [7, 11) is 0. The fraction of sp³-hybridized carbons (Fsp3) is 0.647. The second-order valence-corrected chi connectivity index (χ2v) is 15.8. The Balaban J connectivity index is 1.20. The molecule has 0 radical (unpaired) electrons. The average Bonchev–Trinajstić information content (AvgIpc) is 3.88. The number of hydrogen-bond donors (Lipinski definition) is 4. The number of fused-ring (bicyclic) bond motifs is 1. The van der Waals surface area contributed by atoms with Crippen molar-refractivity contribution in [2.75, 3.05) is 44.2 Å². The normalized spacial score (nSPS) is 24.2. The van der Waals surface area contributed by atoms with E-state index in [0.717, 1.165) is 18.5 Å². The zero-order valence-electron chi connectivity index (χ0n) is 28.4. The van der Waals surface area contributed by atoms with Crippen molar-refractivity contribution < 1.29 is 28.8 Å². The molecule has 5 atom stereocenters. The van der Waals surface area contributed by atoms with E-state index in [2.05, 4.69) is 20.9 Å². The second kappa shape index (κ2) is 13.6. The van der Waals surface area contributed by atoms with E-state index < -0.39 is 53.1 Å². The van der Waals surface area contributed by atoms with Gasteiger partial charge in [0.1, 0.15) is 12.1 Å². The van der Waals surface area contributed by atoms with E-state index in [1.54, 1.807) is 4.90 Å². The van der Waals surface area contributed by atoms with Crippen LogP contribution >= 0.6 is 11.6 Å². The Bertz CT molecular complexity index is 1470. The van der Waals surface area contributed by atoms with E-state index in [1.165, 1.54) is 4.90 Å². The number of piperidine rings is 1.